The lowest BCUT2D eigenvalue weighted by Gasteiger charge is -2.06. The maximum atomic E-state index is 11.7. The zero-order valence-electron chi connectivity index (χ0n) is 8.26. The number of carbonyl (C=O) groups excluding carboxylic acids is 1. The van der Waals surface area contributed by atoms with Gasteiger partial charge >= 0.3 is 0 Å². The van der Waals surface area contributed by atoms with E-state index in [1.807, 2.05) is 12.1 Å². The minimum absolute atomic E-state index is 0.0893. The van der Waals surface area contributed by atoms with Crippen molar-refractivity contribution in [2.24, 2.45) is 11.8 Å². The molecule has 15 heavy (non-hydrogen) atoms. The molecule has 80 valence electrons. The number of hydrogen-bond donors (Lipinski definition) is 1. The van der Waals surface area contributed by atoms with Gasteiger partial charge in [-0.2, -0.15) is 0 Å². The molecule has 1 N–H and O–H groups in total. The molecule has 2 unspecified atom stereocenters. The smallest absolute Gasteiger partial charge is 0.227 e. The van der Waals surface area contributed by atoms with Crippen molar-refractivity contribution in [1.82, 2.24) is 0 Å². The number of nitrogens with one attached hydrogen (secondary N) is 1. The van der Waals surface area contributed by atoms with Crippen LogP contribution in [0.1, 0.15) is 13.3 Å². The van der Waals surface area contributed by atoms with E-state index in [1.54, 1.807) is 6.07 Å². The summed E-state index contributed by atoms with van der Waals surface area (Å²) in [6.07, 6.45) is 0.993. The quantitative estimate of drug-likeness (QED) is 0.823. The first-order valence-electron chi connectivity index (χ1n) is 4.84. The van der Waals surface area contributed by atoms with E-state index >= 15 is 0 Å². The molecule has 0 radical (unpaired) electrons. The first-order valence-corrected chi connectivity index (χ1v) is 6.29. The lowest BCUT2D eigenvalue weighted by Crippen LogP contribution is -2.14. The fraction of sp³-hybridized carbons (Fsp3) is 0.364. The van der Waals surface area contributed by atoms with Crippen molar-refractivity contribution >= 4 is 45.8 Å². The van der Waals surface area contributed by atoms with E-state index in [1.165, 1.54) is 0 Å². The minimum atomic E-state index is 0.0893. The van der Waals surface area contributed by atoms with E-state index in [4.69, 9.17) is 11.6 Å². The molecule has 1 aliphatic carbocycles. The molecule has 2 rings (SSSR count). The molecule has 1 saturated carbocycles. The molecule has 0 heterocycles. The summed E-state index contributed by atoms with van der Waals surface area (Å²) >= 11 is 8.18. The van der Waals surface area contributed by atoms with Crippen LogP contribution < -0.4 is 5.32 Å². The highest BCUT2D eigenvalue weighted by molar-refractivity contribution is 14.1. The number of rotatable bonds is 2. The molecule has 1 aromatic carbocycles. The Balaban J connectivity index is 2.10. The predicted octanol–water partition coefficient (Wildman–Crippen LogP) is 3.54. The summed E-state index contributed by atoms with van der Waals surface area (Å²) in [7, 11) is 0. The third kappa shape index (κ3) is 2.64. The van der Waals surface area contributed by atoms with Crippen molar-refractivity contribution in [3.63, 3.8) is 0 Å². The van der Waals surface area contributed by atoms with Crippen LogP contribution in [0.2, 0.25) is 5.02 Å². The lowest BCUT2D eigenvalue weighted by molar-refractivity contribution is -0.117. The molecule has 0 bridgehead atoms. The fourth-order valence-electron chi connectivity index (χ4n) is 1.51. The maximum absolute atomic E-state index is 11.7. The van der Waals surface area contributed by atoms with Crippen LogP contribution in [0.3, 0.4) is 0 Å². The summed E-state index contributed by atoms with van der Waals surface area (Å²) in [4.78, 5) is 11.7. The number of halogens is 2. The van der Waals surface area contributed by atoms with Gasteiger partial charge in [0.2, 0.25) is 5.91 Å². The fourth-order valence-corrected chi connectivity index (χ4v) is 2.16. The molecule has 2 nitrogen and oxygen atoms in total. The second-order valence-corrected chi connectivity index (χ2v) is 5.59. The van der Waals surface area contributed by atoms with Crippen molar-refractivity contribution in [3.8, 4) is 0 Å². The highest BCUT2D eigenvalue weighted by Crippen LogP contribution is 2.39. The molecule has 1 aromatic rings. The average Bonchev–Trinajstić information content (AvgIpc) is 2.89. The molecule has 0 aromatic heterocycles. The summed E-state index contributed by atoms with van der Waals surface area (Å²) in [5.74, 6) is 0.789. The van der Waals surface area contributed by atoms with Crippen LogP contribution >= 0.6 is 34.2 Å². The molecule has 1 fully saturated rings. The molecule has 0 aliphatic heterocycles. The number of carbonyl (C=O) groups is 1. The molecular weight excluding hydrogens is 324 g/mol. The summed E-state index contributed by atoms with van der Waals surface area (Å²) in [5, 5.41) is 3.46. The third-order valence-electron chi connectivity index (χ3n) is 2.63. The number of benzene rings is 1. The standard InChI is InChI=1S/C11H11ClINO/c1-6-4-8(6)11(15)14-10-5-7(13)2-3-9(10)12/h2-3,5-6,8H,4H2,1H3,(H,14,15). The normalized spacial score (nSPS) is 23.7. The number of amides is 1. The van der Waals surface area contributed by atoms with Gasteiger partial charge in [0, 0.05) is 9.49 Å². The van der Waals surface area contributed by atoms with Crippen molar-refractivity contribution in [2.45, 2.75) is 13.3 Å². The number of hydrogen-bond acceptors (Lipinski definition) is 1. The molecule has 2 atom stereocenters. The van der Waals surface area contributed by atoms with E-state index < -0.39 is 0 Å². The Morgan fingerprint density at radius 1 is 1.60 bits per heavy atom. The van der Waals surface area contributed by atoms with E-state index in [2.05, 4.69) is 34.8 Å². The van der Waals surface area contributed by atoms with Gasteiger partial charge < -0.3 is 5.32 Å². The molecular formula is C11H11ClINO. The first-order chi connectivity index (χ1) is 7.08. The van der Waals surface area contributed by atoms with Crippen LogP contribution in [-0.2, 0) is 4.79 Å². The van der Waals surface area contributed by atoms with E-state index in [9.17, 15) is 4.79 Å². The first kappa shape index (κ1) is 11.2. The molecule has 1 aliphatic rings. The van der Waals surface area contributed by atoms with Gasteiger partial charge in [-0.1, -0.05) is 18.5 Å². The van der Waals surface area contributed by atoms with Gasteiger partial charge in [-0.3, -0.25) is 4.79 Å². The Labute approximate surface area is 108 Å². The Morgan fingerprint density at radius 3 is 2.87 bits per heavy atom. The van der Waals surface area contributed by atoms with Crippen molar-refractivity contribution < 1.29 is 4.79 Å². The summed E-state index contributed by atoms with van der Waals surface area (Å²) < 4.78 is 1.07. The van der Waals surface area contributed by atoms with Gasteiger partial charge in [-0.15, -0.1) is 0 Å². The maximum Gasteiger partial charge on any atom is 0.227 e. The second-order valence-electron chi connectivity index (χ2n) is 3.93. The van der Waals surface area contributed by atoms with Gasteiger partial charge in [0.05, 0.1) is 10.7 Å². The van der Waals surface area contributed by atoms with Crippen LogP contribution in [-0.4, -0.2) is 5.91 Å². The zero-order chi connectivity index (χ0) is 11.0. The molecule has 0 spiro atoms. The van der Waals surface area contributed by atoms with Crippen LogP contribution in [0.4, 0.5) is 5.69 Å². The third-order valence-corrected chi connectivity index (χ3v) is 3.63. The lowest BCUT2D eigenvalue weighted by atomic mass is 10.3. The number of anilines is 1. The Morgan fingerprint density at radius 2 is 2.27 bits per heavy atom. The van der Waals surface area contributed by atoms with Crippen LogP contribution in [0, 0.1) is 15.4 Å². The van der Waals surface area contributed by atoms with Gasteiger partial charge in [0.1, 0.15) is 0 Å². The van der Waals surface area contributed by atoms with Crippen LogP contribution in [0.15, 0.2) is 18.2 Å². The van der Waals surface area contributed by atoms with E-state index in [0.717, 1.165) is 9.99 Å². The SMILES string of the molecule is CC1CC1C(=O)Nc1cc(I)ccc1Cl. The molecule has 4 heteroatoms. The van der Waals surface area contributed by atoms with Gasteiger partial charge in [0.15, 0.2) is 0 Å². The van der Waals surface area contributed by atoms with Gasteiger partial charge in [-0.05, 0) is 53.1 Å². The van der Waals surface area contributed by atoms with Crippen molar-refractivity contribution in [1.29, 1.82) is 0 Å². The monoisotopic (exact) mass is 335 g/mol. The minimum Gasteiger partial charge on any atom is -0.324 e. The Hall–Kier alpha value is -0.290. The largest absolute Gasteiger partial charge is 0.324 e. The Bertz CT molecular complexity index is 408. The highest BCUT2D eigenvalue weighted by atomic mass is 127. The summed E-state index contributed by atoms with van der Waals surface area (Å²) in [5.41, 5.74) is 0.715. The molecule has 0 saturated heterocycles. The van der Waals surface area contributed by atoms with Crippen LogP contribution in [0.25, 0.3) is 0 Å². The van der Waals surface area contributed by atoms with E-state index in [-0.39, 0.29) is 11.8 Å². The van der Waals surface area contributed by atoms with E-state index in [0.29, 0.717) is 16.6 Å². The predicted molar refractivity (Wildman–Crippen MR) is 70.1 cm³/mol. The second kappa shape index (κ2) is 4.29. The molecule has 1 amide bonds. The Kier molecular flexibility index (Phi) is 3.21. The topological polar surface area (TPSA) is 29.1 Å². The average molecular weight is 336 g/mol. The zero-order valence-corrected chi connectivity index (χ0v) is 11.2. The summed E-state index contributed by atoms with van der Waals surface area (Å²) in [6.45, 7) is 2.08. The highest BCUT2D eigenvalue weighted by Gasteiger charge is 2.39. The summed E-state index contributed by atoms with van der Waals surface area (Å²) in [6, 6.07) is 5.60. The van der Waals surface area contributed by atoms with Crippen molar-refractivity contribution in [3.05, 3.63) is 26.8 Å². The van der Waals surface area contributed by atoms with Crippen LogP contribution in [0.5, 0.6) is 0 Å². The van der Waals surface area contributed by atoms with Gasteiger partial charge in [0.25, 0.3) is 0 Å². The van der Waals surface area contributed by atoms with Gasteiger partial charge in [-0.25, -0.2) is 0 Å². The van der Waals surface area contributed by atoms with Crippen molar-refractivity contribution in [2.75, 3.05) is 5.32 Å².